The fraction of sp³-hybridized carbons (Fsp3) is 0.240. The van der Waals surface area contributed by atoms with Gasteiger partial charge in [0.2, 0.25) is 5.91 Å². The average Bonchev–Trinajstić information content (AvgIpc) is 3.22. The number of ether oxygens (including phenoxy) is 1. The second-order valence-electron chi connectivity index (χ2n) is 7.87. The monoisotopic (exact) mass is 416 g/mol. The minimum absolute atomic E-state index is 0.0862. The summed E-state index contributed by atoms with van der Waals surface area (Å²) in [5.41, 5.74) is 5.27. The first-order chi connectivity index (χ1) is 14.8. The lowest BCUT2D eigenvalue weighted by Gasteiger charge is -2.10. The largest absolute Gasteiger partial charge is 0.454 e. The third kappa shape index (κ3) is 4.01. The SMILES string of the molecule is Cc1cc(C(=O)OCC(=O)c2ccc3c(c2)[C@H](C)C(=O)N3)c(C)n1Cc1ccccc1. The van der Waals surface area contributed by atoms with E-state index in [-0.39, 0.29) is 24.2 Å². The number of benzene rings is 2. The van der Waals surface area contributed by atoms with Gasteiger partial charge in [0, 0.05) is 29.2 Å². The molecule has 0 radical (unpaired) electrons. The summed E-state index contributed by atoms with van der Waals surface area (Å²) < 4.78 is 7.38. The number of carbonyl (C=O) groups is 3. The quantitative estimate of drug-likeness (QED) is 0.481. The molecular formula is C25H24N2O4. The smallest absolute Gasteiger partial charge is 0.340 e. The first-order valence-corrected chi connectivity index (χ1v) is 10.2. The summed E-state index contributed by atoms with van der Waals surface area (Å²) in [4.78, 5) is 37.0. The molecule has 2 aromatic carbocycles. The third-order valence-electron chi connectivity index (χ3n) is 5.80. The number of ketones is 1. The molecule has 1 amide bonds. The molecule has 3 aromatic rings. The van der Waals surface area contributed by atoms with Crippen LogP contribution in [0, 0.1) is 13.8 Å². The van der Waals surface area contributed by atoms with E-state index < -0.39 is 5.97 Å². The number of hydrogen-bond acceptors (Lipinski definition) is 4. The zero-order valence-electron chi connectivity index (χ0n) is 17.8. The van der Waals surface area contributed by atoms with Gasteiger partial charge in [-0.05, 0) is 56.2 Å². The molecule has 0 saturated heterocycles. The van der Waals surface area contributed by atoms with Crippen molar-refractivity contribution >= 4 is 23.3 Å². The van der Waals surface area contributed by atoms with Gasteiger partial charge < -0.3 is 14.6 Å². The summed E-state index contributed by atoms with van der Waals surface area (Å²) in [6.07, 6.45) is 0. The Morgan fingerprint density at radius 1 is 1.06 bits per heavy atom. The summed E-state index contributed by atoms with van der Waals surface area (Å²) in [5.74, 6) is -1.22. The van der Waals surface area contributed by atoms with Gasteiger partial charge in [0.25, 0.3) is 0 Å². The van der Waals surface area contributed by atoms with Crippen molar-refractivity contribution in [3.05, 3.63) is 88.2 Å². The van der Waals surface area contributed by atoms with E-state index in [0.717, 1.165) is 28.2 Å². The van der Waals surface area contributed by atoms with E-state index in [1.54, 1.807) is 31.2 Å². The molecule has 6 nitrogen and oxygen atoms in total. The highest BCUT2D eigenvalue weighted by molar-refractivity contribution is 6.05. The van der Waals surface area contributed by atoms with Crippen molar-refractivity contribution in [3.63, 3.8) is 0 Å². The van der Waals surface area contributed by atoms with Crippen molar-refractivity contribution in [2.45, 2.75) is 33.2 Å². The molecule has 31 heavy (non-hydrogen) atoms. The highest BCUT2D eigenvalue weighted by Crippen LogP contribution is 2.32. The van der Waals surface area contributed by atoms with Crippen molar-refractivity contribution in [2.75, 3.05) is 11.9 Å². The van der Waals surface area contributed by atoms with Gasteiger partial charge in [-0.2, -0.15) is 0 Å². The Balaban J connectivity index is 1.44. The number of fused-ring (bicyclic) bond motifs is 1. The average molecular weight is 416 g/mol. The molecule has 1 atom stereocenters. The van der Waals surface area contributed by atoms with Gasteiger partial charge in [0.15, 0.2) is 12.4 Å². The first kappa shape index (κ1) is 20.6. The zero-order valence-corrected chi connectivity index (χ0v) is 17.8. The number of nitrogens with one attached hydrogen (secondary N) is 1. The number of amides is 1. The lowest BCUT2D eigenvalue weighted by atomic mass is 9.99. The molecule has 0 aliphatic carbocycles. The van der Waals surface area contributed by atoms with Gasteiger partial charge in [-0.1, -0.05) is 30.3 Å². The summed E-state index contributed by atoms with van der Waals surface area (Å²) in [5, 5.41) is 2.78. The standard InChI is InChI=1S/C25H24N2O4/c1-15-11-21(17(3)27(15)13-18-7-5-4-6-8-18)25(30)31-14-23(28)19-9-10-22-20(12-19)16(2)24(29)26-22/h4-12,16H,13-14H2,1-3H3,(H,26,29)/t16-/m0/s1. The molecule has 1 N–H and O–H groups in total. The molecule has 2 heterocycles. The van der Waals surface area contributed by atoms with Gasteiger partial charge in [0.05, 0.1) is 11.5 Å². The van der Waals surface area contributed by atoms with Crippen LogP contribution in [0.3, 0.4) is 0 Å². The first-order valence-electron chi connectivity index (χ1n) is 10.2. The normalized spacial score (nSPS) is 14.8. The number of aromatic nitrogens is 1. The summed E-state index contributed by atoms with van der Waals surface area (Å²) in [6, 6.07) is 16.8. The molecule has 0 bridgehead atoms. The van der Waals surface area contributed by atoms with Crippen LogP contribution in [0.4, 0.5) is 5.69 Å². The maximum absolute atomic E-state index is 12.7. The van der Waals surface area contributed by atoms with E-state index >= 15 is 0 Å². The van der Waals surface area contributed by atoms with Crippen LogP contribution in [0.25, 0.3) is 0 Å². The highest BCUT2D eigenvalue weighted by atomic mass is 16.5. The van der Waals surface area contributed by atoms with E-state index in [4.69, 9.17) is 4.74 Å². The van der Waals surface area contributed by atoms with Crippen molar-refractivity contribution in [1.29, 1.82) is 0 Å². The fourth-order valence-electron chi connectivity index (χ4n) is 3.90. The third-order valence-corrected chi connectivity index (χ3v) is 5.80. The molecule has 1 aliphatic heterocycles. The Kier molecular flexibility index (Phi) is 5.46. The van der Waals surface area contributed by atoms with Crippen molar-refractivity contribution in [1.82, 2.24) is 4.57 Å². The number of hydrogen-bond donors (Lipinski definition) is 1. The lowest BCUT2D eigenvalue weighted by Crippen LogP contribution is -2.15. The number of anilines is 1. The molecule has 1 aromatic heterocycles. The van der Waals surface area contributed by atoms with Gasteiger partial charge >= 0.3 is 5.97 Å². The lowest BCUT2D eigenvalue weighted by molar-refractivity contribution is -0.116. The van der Waals surface area contributed by atoms with Crippen molar-refractivity contribution < 1.29 is 19.1 Å². The predicted octanol–water partition coefficient (Wildman–Crippen LogP) is 4.25. The van der Waals surface area contributed by atoms with Gasteiger partial charge in [-0.25, -0.2) is 4.79 Å². The second-order valence-corrected chi connectivity index (χ2v) is 7.87. The summed E-state index contributed by atoms with van der Waals surface area (Å²) in [7, 11) is 0. The van der Waals surface area contributed by atoms with Crippen LogP contribution in [0.5, 0.6) is 0 Å². The molecule has 6 heteroatoms. The topological polar surface area (TPSA) is 77.4 Å². The predicted molar refractivity (Wildman–Crippen MR) is 118 cm³/mol. The van der Waals surface area contributed by atoms with E-state index in [1.807, 2.05) is 44.2 Å². The fourth-order valence-corrected chi connectivity index (χ4v) is 3.90. The molecule has 0 saturated carbocycles. The highest BCUT2D eigenvalue weighted by Gasteiger charge is 2.27. The number of aryl methyl sites for hydroxylation is 1. The molecule has 0 spiro atoms. The second kappa shape index (κ2) is 8.22. The maximum Gasteiger partial charge on any atom is 0.340 e. The number of esters is 1. The Morgan fingerprint density at radius 2 is 1.81 bits per heavy atom. The maximum atomic E-state index is 12.7. The van der Waals surface area contributed by atoms with Crippen LogP contribution in [0.2, 0.25) is 0 Å². The van der Waals surface area contributed by atoms with Gasteiger partial charge in [-0.3, -0.25) is 9.59 Å². The van der Waals surface area contributed by atoms with Crippen molar-refractivity contribution in [3.8, 4) is 0 Å². The summed E-state index contributed by atoms with van der Waals surface area (Å²) in [6.45, 7) is 5.92. The van der Waals surface area contributed by atoms with Gasteiger partial charge in [0.1, 0.15) is 0 Å². The number of rotatable bonds is 6. The van der Waals surface area contributed by atoms with E-state index in [9.17, 15) is 14.4 Å². The number of carbonyl (C=O) groups excluding carboxylic acids is 3. The molecule has 4 rings (SSSR count). The van der Waals surface area contributed by atoms with E-state index in [2.05, 4.69) is 9.88 Å². The van der Waals surface area contributed by atoms with Crippen LogP contribution in [-0.2, 0) is 16.1 Å². The summed E-state index contributed by atoms with van der Waals surface area (Å²) >= 11 is 0. The van der Waals surface area contributed by atoms with Gasteiger partial charge in [-0.15, -0.1) is 0 Å². The van der Waals surface area contributed by atoms with Crippen LogP contribution in [-0.4, -0.2) is 28.8 Å². The van der Waals surface area contributed by atoms with Crippen LogP contribution >= 0.6 is 0 Å². The Labute approximate surface area is 180 Å². The molecule has 0 unspecified atom stereocenters. The number of Topliss-reactive ketones (excluding diaryl/α,β-unsaturated/α-hetero) is 1. The molecule has 0 fully saturated rings. The molecule has 158 valence electrons. The molecule has 1 aliphatic rings. The van der Waals surface area contributed by atoms with Crippen LogP contribution in [0.15, 0.2) is 54.6 Å². The molecular weight excluding hydrogens is 392 g/mol. The Bertz CT molecular complexity index is 1180. The van der Waals surface area contributed by atoms with Crippen molar-refractivity contribution in [2.24, 2.45) is 0 Å². The van der Waals surface area contributed by atoms with E-state index in [0.29, 0.717) is 17.7 Å². The van der Waals surface area contributed by atoms with E-state index in [1.165, 1.54) is 0 Å². The Hall–Kier alpha value is -3.67. The number of nitrogens with zero attached hydrogens (tertiary/aromatic N) is 1. The minimum atomic E-state index is -0.521. The van der Waals surface area contributed by atoms with Crippen LogP contribution < -0.4 is 5.32 Å². The zero-order chi connectivity index (χ0) is 22.1. The minimum Gasteiger partial charge on any atom is -0.454 e. The Morgan fingerprint density at radius 3 is 2.55 bits per heavy atom. The van der Waals surface area contributed by atoms with Crippen LogP contribution in [0.1, 0.15) is 56.1 Å².